The lowest BCUT2D eigenvalue weighted by Gasteiger charge is -2.09. The molecule has 2 aromatic rings. The average Bonchev–Trinajstić information content (AvgIpc) is 2.94. The molecule has 0 fully saturated rings. The predicted molar refractivity (Wildman–Crippen MR) is 87.9 cm³/mol. The van der Waals surface area contributed by atoms with Gasteiger partial charge in [0.1, 0.15) is 5.75 Å². The Kier molecular flexibility index (Phi) is 4.19. The summed E-state index contributed by atoms with van der Waals surface area (Å²) in [5.41, 5.74) is 2.17. The van der Waals surface area contributed by atoms with Gasteiger partial charge in [-0.3, -0.25) is 9.59 Å². The summed E-state index contributed by atoms with van der Waals surface area (Å²) in [5.74, 6) is 0.963. The van der Waals surface area contributed by atoms with Crippen LogP contribution in [0.4, 0.5) is 0 Å². The van der Waals surface area contributed by atoms with E-state index in [1.54, 1.807) is 22.9 Å². The van der Waals surface area contributed by atoms with E-state index < -0.39 is 0 Å². The van der Waals surface area contributed by atoms with Gasteiger partial charge in [0.25, 0.3) is 11.5 Å². The summed E-state index contributed by atoms with van der Waals surface area (Å²) >= 11 is 0. The lowest BCUT2D eigenvalue weighted by molar-refractivity contribution is 0.0950. The van der Waals surface area contributed by atoms with Crippen LogP contribution in [-0.4, -0.2) is 17.1 Å². The molecule has 5 heteroatoms. The Morgan fingerprint density at radius 1 is 1.39 bits per heavy atom. The van der Waals surface area contributed by atoms with Crippen molar-refractivity contribution in [2.24, 2.45) is 0 Å². The fraction of sp³-hybridized carbons (Fsp3) is 0.333. The number of carbonyl (C=O) groups excluding carboxylic acids is 1. The summed E-state index contributed by atoms with van der Waals surface area (Å²) in [6.45, 7) is 5.48. The van der Waals surface area contributed by atoms with E-state index in [1.165, 1.54) is 0 Å². The molecule has 2 heterocycles. The minimum Gasteiger partial charge on any atom is -0.493 e. The number of hydrogen-bond acceptors (Lipinski definition) is 3. The summed E-state index contributed by atoms with van der Waals surface area (Å²) in [7, 11) is 0. The molecule has 1 aromatic carbocycles. The summed E-state index contributed by atoms with van der Waals surface area (Å²) < 4.78 is 7.16. The van der Waals surface area contributed by atoms with Crippen molar-refractivity contribution >= 4 is 5.91 Å². The molecule has 120 valence electrons. The summed E-state index contributed by atoms with van der Waals surface area (Å²) in [4.78, 5) is 24.5. The van der Waals surface area contributed by atoms with Gasteiger partial charge in [-0.05, 0) is 31.2 Å². The smallest absolute Gasteiger partial charge is 0.255 e. The molecule has 23 heavy (non-hydrogen) atoms. The van der Waals surface area contributed by atoms with Crippen molar-refractivity contribution in [3.05, 3.63) is 63.6 Å². The van der Waals surface area contributed by atoms with Crippen LogP contribution in [0, 0.1) is 0 Å². The molecule has 0 saturated carbocycles. The number of ether oxygens (including phenoxy) is 1. The van der Waals surface area contributed by atoms with Crippen molar-refractivity contribution in [3.63, 3.8) is 0 Å². The minimum absolute atomic E-state index is 0.0636. The van der Waals surface area contributed by atoms with E-state index in [2.05, 4.69) is 12.2 Å². The number of fused-ring (bicyclic) bond motifs is 1. The van der Waals surface area contributed by atoms with Gasteiger partial charge in [-0.15, -0.1) is 0 Å². The molecule has 0 aliphatic carbocycles. The maximum atomic E-state index is 12.3. The van der Waals surface area contributed by atoms with E-state index in [0.717, 1.165) is 11.3 Å². The van der Waals surface area contributed by atoms with E-state index in [0.29, 0.717) is 30.2 Å². The highest BCUT2D eigenvalue weighted by Crippen LogP contribution is 2.33. The fourth-order valence-electron chi connectivity index (χ4n) is 2.76. The number of aromatic nitrogens is 1. The third-order valence-electron chi connectivity index (χ3n) is 4.17. The first-order valence-corrected chi connectivity index (χ1v) is 7.83. The number of amides is 1. The molecule has 0 radical (unpaired) electrons. The standard InChI is InChI=1S/C18H20N2O3/c1-3-20-8-4-5-14(18(20)22)10-19-17(21)13-6-7-16-15(9-13)12(2)11-23-16/h4-9,12H,3,10-11H2,1-2H3,(H,19,21). The van der Waals surface area contributed by atoms with E-state index >= 15 is 0 Å². The molecule has 1 unspecified atom stereocenters. The first-order valence-electron chi connectivity index (χ1n) is 7.83. The van der Waals surface area contributed by atoms with Gasteiger partial charge in [-0.1, -0.05) is 13.0 Å². The Balaban J connectivity index is 1.73. The highest BCUT2D eigenvalue weighted by Gasteiger charge is 2.21. The molecule has 1 aliphatic rings. The number of rotatable bonds is 4. The van der Waals surface area contributed by atoms with Crippen LogP contribution in [0.5, 0.6) is 5.75 Å². The Morgan fingerprint density at radius 3 is 3.00 bits per heavy atom. The van der Waals surface area contributed by atoms with E-state index in [-0.39, 0.29) is 18.0 Å². The minimum atomic E-state index is -0.182. The van der Waals surface area contributed by atoms with Gasteiger partial charge in [0.15, 0.2) is 0 Å². The zero-order valence-corrected chi connectivity index (χ0v) is 13.3. The van der Waals surface area contributed by atoms with Gasteiger partial charge < -0.3 is 14.6 Å². The molecule has 0 saturated heterocycles. The van der Waals surface area contributed by atoms with Crippen LogP contribution in [0.15, 0.2) is 41.3 Å². The quantitative estimate of drug-likeness (QED) is 0.942. The van der Waals surface area contributed by atoms with Gasteiger partial charge in [0.05, 0.1) is 6.61 Å². The summed E-state index contributed by atoms with van der Waals surface area (Å²) in [5, 5.41) is 2.82. The summed E-state index contributed by atoms with van der Waals surface area (Å²) in [6.07, 6.45) is 1.75. The third-order valence-corrected chi connectivity index (χ3v) is 4.17. The number of nitrogens with one attached hydrogen (secondary N) is 1. The second-order valence-corrected chi connectivity index (χ2v) is 5.77. The van der Waals surface area contributed by atoms with Crippen LogP contribution in [0.25, 0.3) is 0 Å². The molecule has 1 amide bonds. The number of nitrogens with zero attached hydrogens (tertiary/aromatic N) is 1. The monoisotopic (exact) mass is 312 g/mol. The van der Waals surface area contributed by atoms with E-state index in [1.807, 2.05) is 25.1 Å². The molecule has 1 atom stereocenters. The Bertz CT molecular complexity index is 795. The molecule has 1 N–H and O–H groups in total. The first-order chi connectivity index (χ1) is 11.1. The van der Waals surface area contributed by atoms with Gasteiger partial charge >= 0.3 is 0 Å². The lowest BCUT2D eigenvalue weighted by atomic mass is 10.0. The van der Waals surface area contributed by atoms with Crippen LogP contribution >= 0.6 is 0 Å². The molecule has 0 spiro atoms. The van der Waals surface area contributed by atoms with Crippen molar-refractivity contribution in [1.29, 1.82) is 0 Å². The molecule has 3 rings (SSSR count). The second kappa shape index (κ2) is 6.28. The van der Waals surface area contributed by atoms with Gasteiger partial charge in [0.2, 0.25) is 0 Å². The molecule has 1 aromatic heterocycles. The summed E-state index contributed by atoms with van der Waals surface area (Å²) in [6, 6.07) is 9.02. The topological polar surface area (TPSA) is 60.3 Å². The average molecular weight is 312 g/mol. The largest absolute Gasteiger partial charge is 0.493 e. The number of benzene rings is 1. The zero-order chi connectivity index (χ0) is 16.4. The van der Waals surface area contributed by atoms with Crippen LogP contribution in [-0.2, 0) is 13.1 Å². The van der Waals surface area contributed by atoms with Gasteiger partial charge in [-0.2, -0.15) is 0 Å². The molecule has 1 aliphatic heterocycles. The van der Waals surface area contributed by atoms with Crippen molar-refractivity contribution in [2.75, 3.05) is 6.61 Å². The Morgan fingerprint density at radius 2 is 2.22 bits per heavy atom. The van der Waals surface area contributed by atoms with Crippen LogP contribution in [0.2, 0.25) is 0 Å². The zero-order valence-electron chi connectivity index (χ0n) is 13.3. The number of carbonyl (C=O) groups is 1. The van der Waals surface area contributed by atoms with Crippen LogP contribution in [0.1, 0.15) is 41.3 Å². The normalized spacial score (nSPS) is 15.8. The Hall–Kier alpha value is -2.56. The van der Waals surface area contributed by atoms with Gasteiger partial charge in [-0.25, -0.2) is 0 Å². The SMILES string of the molecule is CCn1cccc(CNC(=O)c2ccc3c(c2)C(C)CO3)c1=O. The highest BCUT2D eigenvalue weighted by atomic mass is 16.5. The number of aryl methyl sites for hydroxylation is 1. The van der Waals surface area contributed by atoms with E-state index in [4.69, 9.17) is 4.74 Å². The van der Waals surface area contributed by atoms with Crippen LogP contribution in [0.3, 0.4) is 0 Å². The lowest BCUT2D eigenvalue weighted by Crippen LogP contribution is -2.29. The maximum absolute atomic E-state index is 12.3. The predicted octanol–water partition coefficient (Wildman–Crippen LogP) is 2.29. The van der Waals surface area contributed by atoms with Crippen LogP contribution < -0.4 is 15.6 Å². The molecular weight excluding hydrogens is 292 g/mol. The van der Waals surface area contributed by atoms with Gasteiger partial charge in [0, 0.05) is 41.9 Å². The molecule has 0 bridgehead atoms. The van der Waals surface area contributed by atoms with Crippen molar-refractivity contribution in [2.45, 2.75) is 32.9 Å². The molecule has 5 nitrogen and oxygen atoms in total. The number of hydrogen-bond donors (Lipinski definition) is 1. The van der Waals surface area contributed by atoms with Crippen molar-refractivity contribution < 1.29 is 9.53 Å². The Labute approximate surface area is 134 Å². The second-order valence-electron chi connectivity index (χ2n) is 5.77. The van der Waals surface area contributed by atoms with Crippen molar-refractivity contribution in [3.8, 4) is 5.75 Å². The molecular formula is C18H20N2O3. The van der Waals surface area contributed by atoms with Crippen molar-refractivity contribution in [1.82, 2.24) is 9.88 Å². The van der Waals surface area contributed by atoms with E-state index in [9.17, 15) is 9.59 Å². The number of pyridine rings is 1. The fourth-order valence-corrected chi connectivity index (χ4v) is 2.76. The highest BCUT2D eigenvalue weighted by molar-refractivity contribution is 5.94. The third kappa shape index (κ3) is 2.99. The maximum Gasteiger partial charge on any atom is 0.255 e. The first kappa shape index (κ1) is 15.3.